The van der Waals surface area contributed by atoms with Gasteiger partial charge in [0.2, 0.25) is 0 Å². The van der Waals surface area contributed by atoms with E-state index in [1.54, 1.807) is 29.6 Å². The summed E-state index contributed by atoms with van der Waals surface area (Å²) >= 11 is 3.36. The van der Waals surface area contributed by atoms with Crippen molar-refractivity contribution in [2.75, 3.05) is 0 Å². The van der Waals surface area contributed by atoms with Crippen molar-refractivity contribution in [1.29, 1.82) is 0 Å². The van der Waals surface area contributed by atoms with Gasteiger partial charge in [0.05, 0.1) is 21.8 Å². The molecule has 6 heteroatoms. The molecular weight excluding hydrogens is 338 g/mol. The molecular formula is C18H15N3OS2. The van der Waals surface area contributed by atoms with Crippen LogP contribution < -0.4 is 5.56 Å². The molecule has 0 aliphatic carbocycles. The second-order valence-electron chi connectivity index (χ2n) is 5.52. The lowest BCUT2D eigenvalue weighted by Gasteiger charge is -2.17. The Morgan fingerprint density at radius 2 is 1.96 bits per heavy atom. The van der Waals surface area contributed by atoms with E-state index in [1.165, 1.54) is 5.56 Å². The maximum absolute atomic E-state index is 12.2. The van der Waals surface area contributed by atoms with E-state index in [-0.39, 0.29) is 10.8 Å². The summed E-state index contributed by atoms with van der Waals surface area (Å²) in [5.74, 6) is 1.61. The fourth-order valence-corrected chi connectivity index (χ4v) is 4.82. The maximum Gasteiger partial charge on any atom is 0.258 e. The van der Waals surface area contributed by atoms with E-state index in [0.29, 0.717) is 11.2 Å². The molecule has 0 radical (unpaired) electrons. The van der Waals surface area contributed by atoms with Crippen molar-refractivity contribution in [2.45, 2.75) is 17.9 Å². The second-order valence-corrected chi connectivity index (χ2v) is 8.08. The predicted molar refractivity (Wildman–Crippen MR) is 103 cm³/mol. The summed E-state index contributed by atoms with van der Waals surface area (Å²) in [7, 11) is 0. The Bertz CT molecular complexity index is 997. The van der Waals surface area contributed by atoms with Crippen LogP contribution in [-0.4, -0.2) is 14.3 Å². The number of nitrogens with zero attached hydrogens (tertiary/aromatic N) is 2. The number of hydrogen-bond donors (Lipinski definition) is 1. The zero-order chi connectivity index (χ0) is 16.5. The van der Waals surface area contributed by atoms with Crippen LogP contribution in [0, 0.1) is 0 Å². The molecule has 0 fully saturated rings. The first-order valence-corrected chi connectivity index (χ1v) is 9.52. The van der Waals surface area contributed by atoms with Gasteiger partial charge in [-0.1, -0.05) is 53.9 Å². The number of hydrogen-bond acceptors (Lipinski definition) is 5. The van der Waals surface area contributed by atoms with Crippen molar-refractivity contribution >= 4 is 44.5 Å². The van der Waals surface area contributed by atoms with E-state index in [0.717, 1.165) is 21.3 Å². The third-order valence-corrected chi connectivity index (χ3v) is 6.15. The van der Waals surface area contributed by atoms with Crippen LogP contribution in [0.1, 0.15) is 23.6 Å². The molecule has 0 unspecified atom stereocenters. The van der Waals surface area contributed by atoms with Gasteiger partial charge in [0.25, 0.3) is 5.56 Å². The third-order valence-electron chi connectivity index (χ3n) is 3.85. The number of fused-ring (bicyclic) bond motifs is 2. The molecule has 0 saturated heterocycles. The molecule has 4 rings (SSSR count). The Morgan fingerprint density at radius 3 is 2.88 bits per heavy atom. The molecule has 0 bridgehead atoms. The fraction of sp³-hybridized carbons (Fsp3) is 0.167. The molecule has 24 heavy (non-hydrogen) atoms. The summed E-state index contributed by atoms with van der Waals surface area (Å²) in [6.07, 6.45) is 0. The van der Waals surface area contributed by atoms with Gasteiger partial charge >= 0.3 is 0 Å². The highest BCUT2D eigenvalue weighted by atomic mass is 32.2. The Hall–Kier alpha value is -2.05. The minimum absolute atomic E-state index is 0.0267. The molecule has 3 aromatic rings. The molecule has 1 aliphatic heterocycles. The van der Waals surface area contributed by atoms with Crippen LogP contribution in [0.25, 0.3) is 10.9 Å². The van der Waals surface area contributed by atoms with Crippen LogP contribution in [0.15, 0.2) is 58.3 Å². The molecule has 4 nitrogen and oxygen atoms in total. The number of aromatic nitrogens is 2. The van der Waals surface area contributed by atoms with Crippen molar-refractivity contribution in [3.63, 3.8) is 0 Å². The highest BCUT2D eigenvalue weighted by Gasteiger charge is 2.18. The van der Waals surface area contributed by atoms with Gasteiger partial charge in [0.1, 0.15) is 10.2 Å². The number of para-hydroxylation sites is 2. The second kappa shape index (κ2) is 6.45. The van der Waals surface area contributed by atoms with Crippen molar-refractivity contribution in [3.05, 3.63) is 70.3 Å². The Labute approximate surface area is 147 Å². The number of aliphatic imine (C=N–C) groups is 1. The zero-order valence-electron chi connectivity index (χ0n) is 13.0. The van der Waals surface area contributed by atoms with Gasteiger partial charge in [0.15, 0.2) is 0 Å². The third kappa shape index (κ3) is 2.99. The first-order valence-electron chi connectivity index (χ1n) is 7.66. The van der Waals surface area contributed by atoms with Gasteiger partial charge < -0.3 is 4.98 Å². The van der Waals surface area contributed by atoms with Crippen molar-refractivity contribution in [2.24, 2.45) is 4.99 Å². The molecule has 0 amide bonds. The molecule has 2 heterocycles. The number of nitrogens with one attached hydrogen (secondary N) is 1. The quantitative estimate of drug-likeness (QED) is 0.728. The van der Waals surface area contributed by atoms with Crippen molar-refractivity contribution in [3.8, 4) is 0 Å². The fourth-order valence-electron chi connectivity index (χ4n) is 2.58. The lowest BCUT2D eigenvalue weighted by molar-refractivity contribution is 0.927. The number of H-pyrrole nitrogens is 1. The van der Waals surface area contributed by atoms with Crippen LogP contribution in [0.3, 0.4) is 0 Å². The number of rotatable bonds is 2. The average molecular weight is 353 g/mol. The lowest BCUT2D eigenvalue weighted by Crippen LogP contribution is -2.13. The van der Waals surface area contributed by atoms with Crippen LogP contribution in [0.4, 0.5) is 5.69 Å². The Kier molecular flexibility index (Phi) is 4.16. The van der Waals surface area contributed by atoms with Gasteiger partial charge in [-0.15, -0.1) is 0 Å². The Balaban J connectivity index is 1.62. The maximum atomic E-state index is 12.2. The van der Waals surface area contributed by atoms with Gasteiger partial charge in [-0.2, -0.15) is 0 Å². The van der Waals surface area contributed by atoms with Crippen molar-refractivity contribution < 1.29 is 0 Å². The van der Waals surface area contributed by atoms with E-state index >= 15 is 0 Å². The summed E-state index contributed by atoms with van der Waals surface area (Å²) in [4.78, 5) is 24.5. The first-order chi connectivity index (χ1) is 11.7. The lowest BCUT2D eigenvalue weighted by atomic mass is 10.2. The summed E-state index contributed by atoms with van der Waals surface area (Å²) < 4.78 is 1.01. The molecule has 0 saturated carbocycles. The van der Waals surface area contributed by atoms with Crippen molar-refractivity contribution in [1.82, 2.24) is 9.97 Å². The van der Waals surface area contributed by atoms with Crippen LogP contribution in [-0.2, 0) is 5.75 Å². The number of thioether (sulfide) groups is 2. The van der Waals surface area contributed by atoms with E-state index in [9.17, 15) is 4.79 Å². The number of aromatic amines is 1. The average Bonchev–Trinajstić information content (AvgIpc) is 2.61. The molecule has 1 N–H and O–H groups in total. The van der Waals surface area contributed by atoms with E-state index in [4.69, 9.17) is 4.99 Å². The summed E-state index contributed by atoms with van der Waals surface area (Å²) in [5.41, 5.74) is 2.93. The molecule has 1 aromatic heterocycles. The van der Waals surface area contributed by atoms with Gasteiger partial charge in [-0.25, -0.2) is 9.98 Å². The standard InChI is InChI=1S/C18H15N3OS2/c1-11(16-19-15-9-5-3-7-13(15)17(22)21-16)24-18-20-14-8-4-2-6-12(14)10-23-18/h2-9,11H,10H2,1H3,(H,19,21,22)/t11-/m1/s1. The molecule has 2 aromatic carbocycles. The minimum Gasteiger partial charge on any atom is -0.309 e. The van der Waals surface area contributed by atoms with E-state index in [2.05, 4.69) is 16.0 Å². The molecule has 1 aliphatic rings. The van der Waals surface area contributed by atoms with E-state index < -0.39 is 0 Å². The van der Waals surface area contributed by atoms with Gasteiger partial charge in [0, 0.05) is 5.75 Å². The largest absolute Gasteiger partial charge is 0.309 e. The Morgan fingerprint density at radius 1 is 1.17 bits per heavy atom. The summed E-state index contributed by atoms with van der Waals surface area (Å²) in [5, 5.41) is 0.649. The SMILES string of the molecule is C[C@@H](SC1=Nc2ccccc2CS1)c1nc2ccccc2c(=O)[nH]1. The molecule has 0 spiro atoms. The molecule has 1 atom stereocenters. The topological polar surface area (TPSA) is 58.1 Å². The van der Waals surface area contributed by atoms with Gasteiger partial charge in [-0.3, -0.25) is 4.79 Å². The highest BCUT2D eigenvalue weighted by molar-refractivity contribution is 8.38. The highest BCUT2D eigenvalue weighted by Crippen LogP contribution is 2.39. The monoisotopic (exact) mass is 353 g/mol. The van der Waals surface area contributed by atoms with Crippen LogP contribution in [0.5, 0.6) is 0 Å². The summed E-state index contributed by atoms with van der Waals surface area (Å²) in [6, 6.07) is 15.6. The first kappa shape index (κ1) is 15.5. The van der Waals surface area contributed by atoms with Gasteiger partial charge in [-0.05, 0) is 30.7 Å². The smallest absolute Gasteiger partial charge is 0.258 e. The zero-order valence-corrected chi connectivity index (χ0v) is 14.7. The molecule has 120 valence electrons. The predicted octanol–water partition coefficient (Wildman–Crippen LogP) is 4.65. The normalized spacial score (nSPS) is 15.0. The number of benzene rings is 2. The van der Waals surface area contributed by atoms with Crippen LogP contribution >= 0.6 is 23.5 Å². The van der Waals surface area contributed by atoms with E-state index in [1.807, 2.05) is 43.3 Å². The van der Waals surface area contributed by atoms with Crippen LogP contribution in [0.2, 0.25) is 0 Å². The summed E-state index contributed by atoms with van der Waals surface area (Å²) in [6.45, 7) is 2.04. The minimum atomic E-state index is -0.0911.